The molecule has 5 heterocycles. The van der Waals surface area contributed by atoms with E-state index in [0.717, 1.165) is 120 Å². The van der Waals surface area contributed by atoms with Gasteiger partial charge in [-0.15, -0.1) is 0 Å². The van der Waals surface area contributed by atoms with Gasteiger partial charge in [0.1, 0.15) is 10.7 Å². The van der Waals surface area contributed by atoms with Gasteiger partial charge in [-0.25, -0.2) is 4.98 Å². The highest BCUT2D eigenvalue weighted by atomic mass is 79.9. The monoisotopic (exact) mass is 1160 g/mol. The number of benzene rings is 4. The number of thiazole rings is 1. The molecule has 8 N–H and O–H groups in total. The number of Topliss-reactive ketones (excluding diaryl/α,β-unsaturated/α-hetero) is 1. The second-order valence-corrected chi connectivity index (χ2v) is 21.5. The molecule has 75 heavy (non-hydrogen) atoms. The predicted molar refractivity (Wildman–Crippen MR) is 329 cm³/mol. The molecule has 0 saturated carbocycles. The van der Waals surface area contributed by atoms with Crippen LogP contribution < -0.4 is 41.7 Å². The molecule has 4 aliphatic rings. The molecular formula is C54H74BrN12O4PS3. The van der Waals surface area contributed by atoms with Crippen molar-refractivity contribution in [2.75, 3.05) is 152 Å². The Morgan fingerprint density at radius 2 is 1.08 bits per heavy atom. The number of aliphatic hydroxyl groups is 2. The second kappa shape index (κ2) is 30.7. The molecule has 1 aromatic heterocycles. The number of nitrogens with zero attached hydrogens (tertiary/aromatic N) is 8. The average molecular weight is 1160 g/mol. The Morgan fingerprint density at radius 1 is 0.667 bits per heavy atom. The number of β-amino-alcohol motifs (C(OH)–C–C–N with tert-alkyl or cyclic N) is 2. The molecule has 404 valence electrons. The van der Waals surface area contributed by atoms with Gasteiger partial charge >= 0.3 is 0 Å². The van der Waals surface area contributed by atoms with Crippen LogP contribution in [0, 0.1) is 0 Å². The molecular weight excluding hydrogens is 1090 g/mol. The molecule has 5 aromatic rings. The van der Waals surface area contributed by atoms with Crippen LogP contribution in [-0.2, 0) is 0 Å². The van der Waals surface area contributed by atoms with Gasteiger partial charge in [-0.05, 0) is 141 Å². The minimum Gasteiger partial charge on any atom is -0.395 e. The van der Waals surface area contributed by atoms with Crippen LogP contribution in [0.2, 0.25) is 0 Å². The molecule has 4 aromatic carbocycles. The third-order valence-corrected chi connectivity index (χ3v) is 15.7. The molecule has 4 fully saturated rings. The first-order chi connectivity index (χ1) is 36.0. The summed E-state index contributed by atoms with van der Waals surface area (Å²) in [5.74, 6) is 1.17. The minimum atomic E-state index is -0.100. The van der Waals surface area contributed by atoms with Crippen LogP contribution in [-0.4, -0.2) is 163 Å². The first kappa shape index (κ1) is 59.4. The van der Waals surface area contributed by atoms with E-state index >= 15 is 0 Å². The quantitative estimate of drug-likeness (QED) is 0.0139. The van der Waals surface area contributed by atoms with E-state index in [1.165, 1.54) is 65.8 Å². The Balaban J connectivity index is 0.000000198. The van der Waals surface area contributed by atoms with E-state index in [-0.39, 0.29) is 40.5 Å². The number of aliphatic imine (C=N–C) groups is 1. The summed E-state index contributed by atoms with van der Waals surface area (Å²) in [5, 5.41) is 26.3. The molecule has 0 amide bonds. The number of ketones is 2. The molecule has 1 atom stereocenters. The summed E-state index contributed by atoms with van der Waals surface area (Å²) < 4.78 is 0. The topological polar surface area (TPSA) is 195 Å². The summed E-state index contributed by atoms with van der Waals surface area (Å²) in [4.78, 5) is 47.4. The van der Waals surface area contributed by atoms with Gasteiger partial charge in [-0.2, -0.15) is 14.9 Å². The number of hydrogen-bond donors (Lipinski definition) is 6. The van der Waals surface area contributed by atoms with E-state index in [2.05, 4.69) is 90.2 Å². The predicted octanol–water partition coefficient (Wildman–Crippen LogP) is 7.90. The third kappa shape index (κ3) is 17.8. The third-order valence-electron chi connectivity index (χ3n) is 13.3. The van der Waals surface area contributed by atoms with Crippen molar-refractivity contribution >= 4 is 128 Å². The zero-order valence-corrected chi connectivity index (χ0v) is 48.5. The standard InChI is InChI=1S/C26H32N6O2S.C16H25N5OS2.C12H14BrNO.H3P/c27-25-24(23(34)19-3-7-21(8-4-19)31-11-1-2-12-31)35-26(29-25)28-20-5-9-22(10-6-20)32-15-13-30(14-16-32)17-18-33;1-2-24-15(17)19-16(23)18-13-3-5-14(6-4-13)21-9-7-20(8-10-21)11-12-22;13-9-12(15)10-3-5-11(6-4-10)14-7-1-2-8-14;/h3-10,33H,1-2,11-18,27H2,(H,28,29);3-6,22H,2,7-12H2,1H3,(H3,17,18,19,23);3-6H,1-2,7-9H2;1H3. The van der Waals surface area contributed by atoms with Crippen molar-refractivity contribution in [3.8, 4) is 0 Å². The molecule has 21 heteroatoms. The minimum absolute atomic E-state index is 0. The molecule has 4 saturated heterocycles. The lowest BCUT2D eigenvalue weighted by Crippen LogP contribution is -2.47. The van der Waals surface area contributed by atoms with Crippen LogP contribution >= 0.6 is 61.1 Å². The van der Waals surface area contributed by atoms with Gasteiger partial charge in [0.25, 0.3) is 0 Å². The smallest absolute Gasteiger partial charge is 0.206 e. The number of carbonyl (C=O) groups is 2. The number of rotatable bonds is 16. The number of anilines is 8. The van der Waals surface area contributed by atoms with E-state index in [4.69, 9.17) is 33.9 Å². The Morgan fingerprint density at radius 3 is 1.51 bits per heavy atom. The van der Waals surface area contributed by atoms with E-state index in [1.807, 2.05) is 79.7 Å². The molecule has 0 spiro atoms. The molecule has 0 radical (unpaired) electrons. The highest BCUT2D eigenvalue weighted by Gasteiger charge is 2.21. The van der Waals surface area contributed by atoms with E-state index in [9.17, 15) is 9.59 Å². The van der Waals surface area contributed by atoms with Gasteiger partial charge in [0, 0.05) is 137 Å². The summed E-state index contributed by atoms with van der Waals surface area (Å²) in [5.41, 5.74) is 19.8. The second-order valence-electron chi connectivity index (χ2n) is 18.2. The Labute approximate surface area is 468 Å². The van der Waals surface area contributed by atoms with Crippen molar-refractivity contribution in [3.05, 3.63) is 113 Å². The van der Waals surface area contributed by atoms with E-state index in [1.54, 1.807) is 0 Å². The zero-order chi connectivity index (χ0) is 52.2. The summed E-state index contributed by atoms with van der Waals surface area (Å²) in [7, 11) is 0. The molecule has 16 nitrogen and oxygen atoms in total. The molecule has 0 aliphatic carbocycles. The maximum atomic E-state index is 13.1. The Kier molecular flexibility index (Phi) is 24.3. The normalized spacial score (nSPS) is 16.1. The highest BCUT2D eigenvalue weighted by molar-refractivity contribution is 9.09. The Hall–Kier alpha value is -4.89. The average Bonchev–Trinajstić information content (AvgIpc) is 4.25. The fourth-order valence-electron chi connectivity index (χ4n) is 9.20. The van der Waals surface area contributed by atoms with Crippen LogP contribution in [0.25, 0.3) is 0 Å². The summed E-state index contributed by atoms with van der Waals surface area (Å²) in [6.07, 6.45) is 5.00. The number of nitrogens with two attached hydrogens (primary N) is 2. The van der Waals surface area contributed by atoms with Crippen molar-refractivity contribution in [1.82, 2.24) is 14.8 Å². The van der Waals surface area contributed by atoms with Crippen LogP contribution in [0.15, 0.2) is 102 Å². The number of halogens is 1. The number of thioether (sulfide) groups is 1. The fraction of sp³-hybridized carbons (Fsp3) is 0.426. The first-order valence-electron chi connectivity index (χ1n) is 25.6. The van der Waals surface area contributed by atoms with Crippen LogP contribution in [0.4, 0.5) is 45.1 Å². The lowest BCUT2D eigenvalue weighted by molar-refractivity contribution is 0.102. The molecule has 0 bridgehead atoms. The summed E-state index contributed by atoms with van der Waals surface area (Å²) in [6, 6.07) is 32.1. The largest absolute Gasteiger partial charge is 0.395 e. The van der Waals surface area contributed by atoms with Crippen molar-refractivity contribution in [1.29, 1.82) is 0 Å². The number of nitrogen functional groups attached to an aromatic ring is 1. The number of amidine groups is 1. The number of aromatic nitrogens is 1. The van der Waals surface area contributed by atoms with Crippen LogP contribution in [0.1, 0.15) is 58.2 Å². The van der Waals surface area contributed by atoms with Gasteiger partial charge in [-0.1, -0.05) is 46.0 Å². The zero-order valence-electron chi connectivity index (χ0n) is 43.0. The maximum Gasteiger partial charge on any atom is 0.206 e. The highest BCUT2D eigenvalue weighted by Crippen LogP contribution is 2.32. The van der Waals surface area contributed by atoms with Gasteiger partial charge in [0.05, 0.1) is 18.5 Å². The number of hydrogen-bond acceptors (Lipinski definition) is 16. The molecule has 4 aliphatic heterocycles. The summed E-state index contributed by atoms with van der Waals surface area (Å²) in [6.45, 7) is 16.1. The molecule has 9 rings (SSSR count). The van der Waals surface area contributed by atoms with Gasteiger partial charge in [0.2, 0.25) is 5.78 Å². The van der Waals surface area contributed by atoms with Gasteiger partial charge in [-0.3, -0.25) is 19.4 Å². The maximum absolute atomic E-state index is 13.1. The van der Waals surface area contributed by atoms with Crippen molar-refractivity contribution in [2.24, 2.45) is 10.7 Å². The van der Waals surface area contributed by atoms with E-state index < -0.39 is 0 Å². The van der Waals surface area contributed by atoms with E-state index in [0.29, 0.717) is 31.2 Å². The number of thiocarbonyl (C=S) groups is 1. The van der Waals surface area contributed by atoms with Crippen molar-refractivity contribution in [2.45, 2.75) is 32.6 Å². The number of nitrogens with one attached hydrogen (secondary N) is 2. The lowest BCUT2D eigenvalue weighted by Gasteiger charge is -2.35. The van der Waals surface area contributed by atoms with Gasteiger partial charge < -0.3 is 51.9 Å². The first-order valence-corrected chi connectivity index (χ1v) is 28.9. The van der Waals surface area contributed by atoms with Gasteiger partial charge in [0.15, 0.2) is 21.2 Å². The lowest BCUT2D eigenvalue weighted by atomic mass is 10.1. The number of aliphatic hydroxyl groups excluding tert-OH is 2. The summed E-state index contributed by atoms with van der Waals surface area (Å²) >= 11 is 11.1. The van der Waals surface area contributed by atoms with Crippen LogP contribution in [0.5, 0.6) is 0 Å². The van der Waals surface area contributed by atoms with Crippen molar-refractivity contribution < 1.29 is 19.8 Å². The SMILES string of the molecule is CCSC(N)=NC(=S)Nc1ccc(N2CCN(CCO)CC2)cc1.Nc1nc(Nc2ccc(N3CCN(CCO)CC3)cc2)sc1C(=O)c1ccc(N2CCCC2)cc1.O=C(CBr)c1ccc(N2CCCC2)cc1.P. The molecule has 1 unspecified atom stereocenters. The van der Waals surface area contributed by atoms with Crippen LogP contribution in [0.3, 0.4) is 0 Å². The fourth-order valence-corrected chi connectivity index (χ4v) is 11.1. The Bertz CT molecular complexity index is 2570. The number of piperazine rings is 2. The van der Waals surface area contributed by atoms with Crippen molar-refractivity contribution in [3.63, 3.8) is 0 Å². The number of alkyl halides is 1. The number of carbonyl (C=O) groups excluding carboxylic acids is 2.